The number of hydrogen-bond acceptors (Lipinski definition) is 5. The van der Waals surface area contributed by atoms with E-state index in [0.29, 0.717) is 11.1 Å². The molecule has 0 aromatic carbocycles. The molecule has 3 nitrogen and oxygen atoms in total. The quantitative estimate of drug-likeness (QED) is 0.452. The minimum absolute atomic E-state index is 0.212. The molecule has 19 heavy (non-hydrogen) atoms. The van der Waals surface area contributed by atoms with Crippen LogP contribution in [0.5, 0.6) is 0 Å². The molecule has 2 rings (SSSR count). The zero-order valence-electron chi connectivity index (χ0n) is 10.6. The lowest BCUT2D eigenvalue weighted by Crippen LogP contribution is -2.19. The summed E-state index contributed by atoms with van der Waals surface area (Å²) >= 11 is 5.06. The Morgan fingerprint density at radius 2 is 2.37 bits per heavy atom. The van der Waals surface area contributed by atoms with E-state index in [1.807, 2.05) is 27.7 Å². The summed E-state index contributed by atoms with van der Waals surface area (Å²) in [6, 6.07) is 5.35. The molecule has 1 aromatic heterocycles. The highest BCUT2D eigenvalue weighted by atomic mass is 33.1. The van der Waals surface area contributed by atoms with Gasteiger partial charge in [-0.15, -0.1) is 0 Å². The molecule has 0 N–H and O–H groups in total. The number of aromatic nitrogens is 1. The summed E-state index contributed by atoms with van der Waals surface area (Å²) in [5, 5.41) is 0.781. The van der Waals surface area contributed by atoms with Crippen LogP contribution in [0.15, 0.2) is 24.4 Å². The zero-order chi connectivity index (χ0) is 13.5. The van der Waals surface area contributed by atoms with Crippen LogP contribution < -0.4 is 4.84 Å². The van der Waals surface area contributed by atoms with Crippen molar-refractivity contribution in [3.63, 3.8) is 0 Å². The Kier molecular flexibility index (Phi) is 6.26. The van der Waals surface area contributed by atoms with Gasteiger partial charge in [0.1, 0.15) is 4.64 Å². The van der Waals surface area contributed by atoms with E-state index in [9.17, 15) is 4.79 Å². The summed E-state index contributed by atoms with van der Waals surface area (Å²) in [4.78, 5) is 16.8. The molecule has 1 atom stereocenters. The Morgan fingerprint density at radius 1 is 1.47 bits per heavy atom. The van der Waals surface area contributed by atoms with Gasteiger partial charge in [0.2, 0.25) is 0 Å². The second-order valence-electron chi connectivity index (χ2n) is 4.40. The first-order valence-corrected chi connectivity index (χ1v) is 9.22. The lowest BCUT2D eigenvalue weighted by Gasteiger charge is -2.08. The lowest BCUT2D eigenvalue weighted by molar-refractivity contribution is -0.144. The van der Waals surface area contributed by atoms with Crippen LogP contribution in [0.2, 0.25) is 0 Å². The van der Waals surface area contributed by atoms with Crippen LogP contribution in [-0.2, 0) is 4.79 Å². The Morgan fingerprint density at radius 3 is 3.11 bits per heavy atom. The smallest absolute Gasteiger partial charge is 0.332 e. The van der Waals surface area contributed by atoms with Crippen LogP contribution in [0.25, 0.3) is 0 Å². The second kappa shape index (κ2) is 7.97. The van der Waals surface area contributed by atoms with E-state index in [1.54, 1.807) is 18.3 Å². The molecule has 6 heteroatoms. The van der Waals surface area contributed by atoms with Crippen LogP contribution in [0, 0.1) is 4.64 Å². The van der Waals surface area contributed by atoms with Gasteiger partial charge in [-0.25, -0.2) is 4.79 Å². The van der Waals surface area contributed by atoms with Gasteiger partial charge in [-0.1, -0.05) is 46.3 Å². The minimum atomic E-state index is -0.212. The molecule has 1 aliphatic heterocycles. The molecule has 0 bridgehead atoms. The van der Waals surface area contributed by atoms with E-state index >= 15 is 0 Å². The summed E-state index contributed by atoms with van der Waals surface area (Å²) < 4.78 is 1.86. The monoisotopic (exact) mass is 315 g/mol. The molecule has 0 spiro atoms. The second-order valence-corrected chi connectivity index (χ2v) is 7.61. The number of carbonyl (C=O) groups is 1. The predicted octanol–water partition coefficient (Wildman–Crippen LogP) is 3.89. The Labute approximate surface area is 126 Å². The maximum atomic E-state index is 11.7. The first-order valence-electron chi connectivity index (χ1n) is 6.43. The first-order chi connectivity index (χ1) is 9.25. The number of rotatable bonds is 6. The van der Waals surface area contributed by atoms with Crippen LogP contribution in [-0.4, -0.2) is 21.7 Å². The molecule has 0 radical (unpaired) electrons. The average molecular weight is 315 g/mol. The van der Waals surface area contributed by atoms with E-state index in [0.717, 1.165) is 18.1 Å². The highest BCUT2D eigenvalue weighted by Gasteiger charge is 2.16. The molecule has 1 saturated heterocycles. The van der Waals surface area contributed by atoms with Gasteiger partial charge in [0.25, 0.3) is 0 Å². The average Bonchev–Trinajstić information content (AvgIpc) is 2.91. The van der Waals surface area contributed by atoms with E-state index in [2.05, 4.69) is 0 Å². The van der Waals surface area contributed by atoms with Gasteiger partial charge in [-0.2, -0.15) is 4.73 Å². The largest absolute Gasteiger partial charge is 0.336 e. The molecule has 1 fully saturated rings. The van der Waals surface area contributed by atoms with Gasteiger partial charge in [-0.3, -0.25) is 0 Å². The topological polar surface area (TPSA) is 31.2 Å². The molecular formula is C13H17NO2S3. The summed E-state index contributed by atoms with van der Waals surface area (Å²) in [5.74, 6) is 1.06. The zero-order valence-corrected chi connectivity index (χ0v) is 13.1. The predicted molar refractivity (Wildman–Crippen MR) is 83.8 cm³/mol. The van der Waals surface area contributed by atoms with Crippen molar-refractivity contribution >= 4 is 39.8 Å². The number of carbonyl (C=O) groups excluding carboxylic acids is 1. The molecule has 0 amide bonds. The minimum Gasteiger partial charge on any atom is -0.336 e. The maximum absolute atomic E-state index is 11.7. The van der Waals surface area contributed by atoms with Crippen molar-refractivity contribution in [2.75, 3.05) is 5.75 Å². The Balaban J connectivity index is 1.64. The molecule has 1 unspecified atom stereocenters. The van der Waals surface area contributed by atoms with Gasteiger partial charge in [0.05, 0.1) is 0 Å². The van der Waals surface area contributed by atoms with E-state index in [-0.39, 0.29) is 5.97 Å². The third-order valence-electron chi connectivity index (χ3n) is 2.87. The van der Waals surface area contributed by atoms with Gasteiger partial charge >= 0.3 is 5.97 Å². The molecular weight excluding hydrogens is 298 g/mol. The summed E-state index contributed by atoms with van der Waals surface area (Å²) in [7, 11) is 3.95. The molecule has 1 aliphatic rings. The van der Waals surface area contributed by atoms with E-state index in [4.69, 9.17) is 17.1 Å². The van der Waals surface area contributed by atoms with Crippen molar-refractivity contribution in [3.05, 3.63) is 29.0 Å². The number of hydrogen-bond donors (Lipinski definition) is 0. The third kappa shape index (κ3) is 5.20. The fourth-order valence-corrected chi connectivity index (χ4v) is 5.05. The first kappa shape index (κ1) is 14.9. The molecule has 104 valence electrons. The van der Waals surface area contributed by atoms with Crippen molar-refractivity contribution in [1.82, 2.24) is 4.73 Å². The normalized spacial score (nSPS) is 18.4. The van der Waals surface area contributed by atoms with E-state index in [1.165, 1.54) is 23.3 Å². The Hall–Kier alpha value is -0.460. The number of unbranched alkanes of at least 4 members (excludes halogenated alkanes) is 1. The van der Waals surface area contributed by atoms with Gasteiger partial charge in [0, 0.05) is 23.6 Å². The van der Waals surface area contributed by atoms with Crippen LogP contribution in [0.1, 0.15) is 32.1 Å². The van der Waals surface area contributed by atoms with Crippen molar-refractivity contribution in [1.29, 1.82) is 0 Å². The summed E-state index contributed by atoms with van der Waals surface area (Å²) in [6.45, 7) is 0. The van der Waals surface area contributed by atoms with Crippen LogP contribution in [0.4, 0.5) is 0 Å². The molecule has 2 heterocycles. The molecule has 1 aromatic rings. The third-order valence-corrected chi connectivity index (χ3v) is 6.20. The highest BCUT2D eigenvalue weighted by molar-refractivity contribution is 8.77. The number of nitrogens with zero attached hydrogens (tertiary/aromatic N) is 1. The molecule has 0 aliphatic carbocycles. The van der Waals surface area contributed by atoms with Crippen molar-refractivity contribution in [2.45, 2.75) is 37.4 Å². The van der Waals surface area contributed by atoms with Crippen molar-refractivity contribution in [2.24, 2.45) is 0 Å². The fourth-order valence-electron chi connectivity index (χ4n) is 1.85. The van der Waals surface area contributed by atoms with Crippen LogP contribution in [0.3, 0.4) is 0 Å². The SMILES string of the molecule is O=C(CCCCC1CCSS1)On1ccccc1=S. The van der Waals surface area contributed by atoms with Gasteiger partial charge < -0.3 is 4.84 Å². The summed E-state index contributed by atoms with van der Waals surface area (Å²) in [5.41, 5.74) is 0. The van der Waals surface area contributed by atoms with Crippen LogP contribution >= 0.6 is 33.8 Å². The lowest BCUT2D eigenvalue weighted by atomic mass is 10.1. The van der Waals surface area contributed by atoms with Crippen molar-refractivity contribution < 1.29 is 9.63 Å². The number of pyridine rings is 1. The summed E-state index contributed by atoms with van der Waals surface area (Å²) in [6.07, 6.45) is 6.61. The standard InChI is InChI=1S/C13H17NO2S3/c15-13(16-14-9-4-3-6-12(14)17)7-2-1-5-11-8-10-18-19-11/h3-4,6,9,11H,1-2,5,7-8,10H2. The molecule has 0 saturated carbocycles. The van der Waals surface area contributed by atoms with Crippen molar-refractivity contribution in [3.8, 4) is 0 Å². The Bertz CT molecular complexity index is 469. The highest BCUT2D eigenvalue weighted by Crippen LogP contribution is 2.39. The van der Waals surface area contributed by atoms with Gasteiger partial charge in [-0.05, 0) is 31.4 Å². The maximum Gasteiger partial charge on any atom is 0.332 e. The van der Waals surface area contributed by atoms with Gasteiger partial charge in [0.15, 0.2) is 0 Å². The van der Waals surface area contributed by atoms with E-state index < -0.39 is 0 Å². The fraction of sp³-hybridized carbons (Fsp3) is 0.538.